The monoisotopic (exact) mass is 270 g/mol. The number of pyridine rings is 1. The first-order chi connectivity index (χ1) is 9.02. The fraction of sp³-hybridized carbons (Fsp3) is 0.538. The molecule has 104 valence electrons. The molecule has 0 unspecified atom stereocenters. The van der Waals surface area contributed by atoms with Crippen molar-refractivity contribution in [2.45, 2.75) is 25.7 Å². The predicted molar refractivity (Wildman–Crippen MR) is 66.6 cm³/mol. The number of hydrogen-bond donors (Lipinski definition) is 0. The minimum atomic E-state index is -2.57. The standard InChI is InChI=1S/C13H16F2N2O2/c1-2-19-12(18)10-3-4-11(16-9-10)17-7-5-13(14,15)6-8-17/h3-4,9H,2,5-8H2,1H3. The lowest BCUT2D eigenvalue weighted by Gasteiger charge is -2.32. The van der Waals surface area contributed by atoms with Crippen LogP contribution in [0.3, 0.4) is 0 Å². The van der Waals surface area contributed by atoms with Crippen LogP contribution in [0.15, 0.2) is 18.3 Å². The van der Waals surface area contributed by atoms with Gasteiger partial charge in [0.2, 0.25) is 0 Å². The number of ether oxygens (including phenoxy) is 1. The Kier molecular flexibility index (Phi) is 3.97. The number of piperidine rings is 1. The molecule has 0 aromatic carbocycles. The van der Waals surface area contributed by atoms with E-state index in [0.29, 0.717) is 18.0 Å². The van der Waals surface area contributed by atoms with Gasteiger partial charge in [0.15, 0.2) is 0 Å². The van der Waals surface area contributed by atoms with Crippen molar-refractivity contribution < 1.29 is 18.3 Å². The number of esters is 1. The van der Waals surface area contributed by atoms with Crippen LogP contribution in [0.5, 0.6) is 0 Å². The Morgan fingerprint density at radius 3 is 2.63 bits per heavy atom. The zero-order valence-corrected chi connectivity index (χ0v) is 10.7. The van der Waals surface area contributed by atoms with Crippen LogP contribution in [-0.4, -0.2) is 36.6 Å². The van der Waals surface area contributed by atoms with Crippen molar-refractivity contribution in [3.8, 4) is 0 Å². The molecule has 0 spiro atoms. The highest BCUT2D eigenvalue weighted by Crippen LogP contribution is 2.29. The summed E-state index contributed by atoms with van der Waals surface area (Å²) < 4.78 is 30.9. The molecule has 2 rings (SSSR count). The molecule has 1 aliphatic heterocycles. The number of alkyl halides is 2. The van der Waals surface area contributed by atoms with Gasteiger partial charge in [0.1, 0.15) is 5.82 Å². The van der Waals surface area contributed by atoms with Crippen molar-refractivity contribution in [3.63, 3.8) is 0 Å². The summed E-state index contributed by atoms with van der Waals surface area (Å²) in [5.74, 6) is -2.38. The van der Waals surface area contributed by atoms with E-state index in [0.717, 1.165) is 0 Å². The molecule has 0 atom stereocenters. The number of carbonyl (C=O) groups excluding carboxylic acids is 1. The summed E-state index contributed by atoms with van der Waals surface area (Å²) in [6, 6.07) is 3.27. The van der Waals surface area contributed by atoms with Gasteiger partial charge in [0.25, 0.3) is 5.92 Å². The largest absolute Gasteiger partial charge is 0.462 e. The van der Waals surface area contributed by atoms with Gasteiger partial charge in [-0.05, 0) is 19.1 Å². The van der Waals surface area contributed by atoms with Crippen LogP contribution >= 0.6 is 0 Å². The molecular weight excluding hydrogens is 254 g/mol. The number of halogens is 2. The second kappa shape index (κ2) is 5.50. The van der Waals surface area contributed by atoms with Crippen LogP contribution in [-0.2, 0) is 4.74 Å². The van der Waals surface area contributed by atoms with E-state index in [1.165, 1.54) is 6.20 Å². The normalized spacial score (nSPS) is 18.2. The summed E-state index contributed by atoms with van der Waals surface area (Å²) >= 11 is 0. The van der Waals surface area contributed by atoms with E-state index in [2.05, 4.69) is 4.98 Å². The summed E-state index contributed by atoms with van der Waals surface area (Å²) in [6.45, 7) is 2.59. The van der Waals surface area contributed by atoms with Gasteiger partial charge in [-0.3, -0.25) is 0 Å². The second-order valence-corrected chi connectivity index (χ2v) is 4.47. The van der Waals surface area contributed by atoms with E-state index in [4.69, 9.17) is 4.74 Å². The average molecular weight is 270 g/mol. The van der Waals surface area contributed by atoms with Gasteiger partial charge in [-0.15, -0.1) is 0 Å². The number of anilines is 1. The summed E-state index contributed by atoms with van der Waals surface area (Å²) in [5.41, 5.74) is 0.368. The van der Waals surface area contributed by atoms with Crippen LogP contribution in [0.1, 0.15) is 30.1 Å². The van der Waals surface area contributed by atoms with Gasteiger partial charge in [-0.2, -0.15) is 0 Å². The van der Waals surface area contributed by atoms with Crippen LogP contribution < -0.4 is 4.90 Å². The SMILES string of the molecule is CCOC(=O)c1ccc(N2CCC(F)(F)CC2)nc1. The van der Waals surface area contributed by atoms with Crippen molar-refractivity contribution >= 4 is 11.8 Å². The van der Waals surface area contributed by atoms with Crippen molar-refractivity contribution in [2.75, 3.05) is 24.6 Å². The van der Waals surface area contributed by atoms with Gasteiger partial charge in [-0.25, -0.2) is 18.6 Å². The Hall–Kier alpha value is -1.72. The predicted octanol–water partition coefficient (Wildman–Crippen LogP) is 2.49. The molecule has 0 bridgehead atoms. The summed E-state index contributed by atoms with van der Waals surface area (Å²) in [7, 11) is 0. The molecule has 0 amide bonds. The van der Waals surface area contributed by atoms with Crippen LogP contribution in [0.2, 0.25) is 0 Å². The van der Waals surface area contributed by atoms with Crippen molar-refractivity contribution in [1.29, 1.82) is 0 Å². The van der Waals surface area contributed by atoms with Crippen molar-refractivity contribution in [2.24, 2.45) is 0 Å². The third-order valence-electron chi connectivity index (χ3n) is 3.08. The zero-order valence-electron chi connectivity index (χ0n) is 10.7. The molecule has 1 aromatic heterocycles. The molecule has 1 aromatic rings. The number of nitrogens with zero attached hydrogens (tertiary/aromatic N) is 2. The number of aromatic nitrogens is 1. The Labute approximate surface area is 110 Å². The van der Waals surface area contributed by atoms with Crippen molar-refractivity contribution in [3.05, 3.63) is 23.9 Å². The Morgan fingerprint density at radius 1 is 1.42 bits per heavy atom. The summed E-state index contributed by atoms with van der Waals surface area (Å²) in [6.07, 6.45) is 1.10. The lowest BCUT2D eigenvalue weighted by Crippen LogP contribution is -2.39. The highest BCUT2D eigenvalue weighted by Gasteiger charge is 2.34. The molecule has 0 N–H and O–H groups in total. The average Bonchev–Trinajstić information content (AvgIpc) is 2.39. The molecule has 1 aliphatic rings. The van der Waals surface area contributed by atoms with Crippen molar-refractivity contribution in [1.82, 2.24) is 4.98 Å². The maximum atomic E-state index is 13.0. The molecule has 0 aliphatic carbocycles. The quantitative estimate of drug-likeness (QED) is 0.791. The number of rotatable bonds is 3. The van der Waals surface area contributed by atoms with Gasteiger partial charge in [-0.1, -0.05) is 0 Å². The highest BCUT2D eigenvalue weighted by molar-refractivity contribution is 5.89. The van der Waals surface area contributed by atoms with Gasteiger partial charge in [0.05, 0.1) is 12.2 Å². The fourth-order valence-electron chi connectivity index (χ4n) is 1.97. The molecule has 19 heavy (non-hydrogen) atoms. The first kappa shape index (κ1) is 13.7. The third-order valence-corrected chi connectivity index (χ3v) is 3.08. The van der Waals surface area contributed by atoms with E-state index >= 15 is 0 Å². The second-order valence-electron chi connectivity index (χ2n) is 4.47. The minimum Gasteiger partial charge on any atom is -0.462 e. The molecular formula is C13H16F2N2O2. The third kappa shape index (κ3) is 3.39. The van der Waals surface area contributed by atoms with E-state index < -0.39 is 11.9 Å². The number of carbonyl (C=O) groups is 1. The van der Waals surface area contributed by atoms with E-state index in [9.17, 15) is 13.6 Å². The van der Waals surface area contributed by atoms with Gasteiger partial charge < -0.3 is 9.64 Å². The first-order valence-corrected chi connectivity index (χ1v) is 6.28. The molecule has 1 fully saturated rings. The smallest absolute Gasteiger partial charge is 0.339 e. The molecule has 2 heterocycles. The maximum absolute atomic E-state index is 13.0. The van der Waals surface area contributed by atoms with Crippen LogP contribution in [0.25, 0.3) is 0 Å². The summed E-state index contributed by atoms with van der Waals surface area (Å²) in [4.78, 5) is 17.4. The molecule has 4 nitrogen and oxygen atoms in total. The van der Waals surface area contributed by atoms with Gasteiger partial charge >= 0.3 is 5.97 Å². The topological polar surface area (TPSA) is 42.4 Å². The van der Waals surface area contributed by atoms with E-state index in [1.807, 2.05) is 0 Å². The zero-order chi connectivity index (χ0) is 13.9. The maximum Gasteiger partial charge on any atom is 0.339 e. The van der Waals surface area contributed by atoms with Crippen LogP contribution in [0.4, 0.5) is 14.6 Å². The summed E-state index contributed by atoms with van der Waals surface area (Å²) in [5, 5.41) is 0. The van der Waals surface area contributed by atoms with E-state index in [-0.39, 0.29) is 25.9 Å². The Morgan fingerprint density at radius 2 is 2.11 bits per heavy atom. The lowest BCUT2D eigenvalue weighted by molar-refractivity contribution is -0.0221. The lowest BCUT2D eigenvalue weighted by atomic mass is 10.1. The Bertz CT molecular complexity index is 438. The Balaban J connectivity index is 2.01. The minimum absolute atomic E-state index is 0.158. The number of hydrogen-bond acceptors (Lipinski definition) is 4. The van der Waals surface area contributed by atoms with Gasteiger partial charge in [0, 0.05) is 32.1 Å². The first-order valence-electron chi connectivity index (χ1n) is 6.28. The van der Waals surface area contributed by atoms with E-state index in [1.54, 1.807) is 24.0 Å². The molecule has 6 heteroatoms. The highest BCUT2D eigenvalue weighted by atomic mass is 19.3. The molecule has 0 saturated carbocycles. The molecule has 1 saturated heterocycles. The fourth-order valence-corrected chi connectivity index (χ4v) is 1.97. The van der Waals surface area contributed by atoms with Crippen LogP contribution in [0, 0.1) is 0 Å². The molecule has 0 radical (unpaired) electrons.